The second kappa shape index (κ2) is 5.83. The summed E-state index contributed by atoms with van der Waals surface area (Å²) < 4.78 is 5.34. The van der Waals surface area contributed by atoms with E-state index < -0.39 is 0 Å². The van der Waals surface area contributed by atoms with Crippen molar-refractivity contribution in [3.05, 3.63) is 11.7 Å². The molecule has 0 radical (unpaired) electrons. The predicted octanol–water partition coefficient (Wildman–Crippen LogP) is 3.15. The van der Waals surface area contributed by atoms with Crippen LogP contribution in [0.5, 0.6) is 0 Å². The van der Waals surface area contributed by atoms with E-state index >= 15 is 0 Å². The molecule has 2 aliphatic rings. The largest absolute Gasteiger partial charge is 0.338 e. The molecule has 2 saturated carbocycles. The maximum Gasteiger partial charge on any atom is 0.240 e. The minimum atomic E-state index is 0.531. The number of aromatic nitrogens is 2. The first-order valence-electron chi connectivity index (χ1n) is 7.47. The standard InChI is InChI=1S/C14H23N3O/c1-2-4-6-11(7-5-3-1)14-16-13(18-17-14)10-15-12-8-9-12/h11-12,15H,1-10H2. The molecule has 2 aliphatic carbocycles. The lowest BCUT2D eigenvalue weighted by Gasteiger charge is -2.15. The van der Waals surface area contributed by atoms with E-state index in [-0.39, 0.29) is 0 Å². The lowest BCUT2D eigenvalue weighted by molar-refractivity contribution is 0.353. The first kappa shape index (κ1) is 12.2. The van der Waals surface area contributed by atoms with Gasteiger partial charge >= 0.3 is 0 Å². The zero-order valence-electron chi connectivity index (χ0n) is 11.0. The van der Waals surface area contributed by atoms with E-state index in [9.17, 15) is 0 Å². The first-order valence-corrected chi connectivity index (χ1v) is 7.47. The first-order chi connectivity index (χ1) is 8.92. The van der Waals surface area contributed by atoms with Gasteiger partial charge in [-0.25, -0.2) is 0 Å². The molecule has 1 N–H and O–H groups in total. The fourth-order valence-corrected chi connectivity index (χ4v) is 2.74. The van der Waals surface area contributed by atoms with Crippen molar-refractivity contribution in [3.8, 4) is 0 Å². The molecule has 0 bridgehead atoms. The van der Waals surface area contributed by atoms with E-state index in [0.717, 1.165) is 18.3 Å². The third kappa shape index (κ3) is 3.31. The molecule has 18 heavy (non-hydrogen) atoms. The van der Waals surface area contributed by atoms with Crippen LogP contribution in [0.1, 0.15) is 75.4 Å². The summed E-state index contributed by atoms with van der Waals surface area (Å²) >= 11 is 0. The van der Waals surface area contributed by atoms with Gasteiger partial charge in [0, 0.05) is 12.0 Å². The van der Waals surface area contributed by atoms with Crippen molar-refractivity contribution in [2.75, 3.05) is 0 Å². The van der Waals surface area contributed by atoms with Crippen molar-refractivity contribution in [1.29, 1.82) is 0 Å². The topological polar surface area (TPSA) is 51.0 Å². The minimum absolute atomic E-state index is 0.531. The van der Waals surface area contributed by atoms with Crippen LogP contribution in [-0.2, 0) is 6.54 Å². The summed E-state index contributed by atoms with van der Waals surface area (Å²) in [6, 6.07) is 0.696. The van der Waals surface area contributed by atoms with Crippen LogP contribution in [0.2, 0.25) is 0 Å². The van der Waals surface area contributed by atoms with Crippen molar-refractivity contribution in [2.24, 2.45) is 0 Å². The molecule has 1 aromatic rings. The maximum atomic E-state index is 5.34. The third-order valence-electron chi connectivity index (χ3n) is 4.07. The number of nitrogens with zero attached hydrogens (tertiary/aromatic N) is 2. The van der Waals surface area contributed by atoms with Crippen molar-refractivity contribution in [2.45, 2.75) is 76.3 Å². The van der Waals surface area contributed by atoms with Gasteiger partial charge in [0.1, 0.15) is 0 Å². The highest BCUT2D eigenvalue weighted by molar-refractivity contribution is 4.96. The molecule has 0 amide bonds. The lowest BCUT2D eigenvalue weighted by Crippen LogP contribution is -2.15. The summed E-state index contributed by atoms with van der Waals surface area (Å²) in [5, 5.41) is 7.60. The van der Waals surface area contributed by atoms with Gasteiger partial charge in [0.15, 0.2) is 5.82 Å². The van der Waals surface area contributed by atoms with Gasteiger partial charge < -0.3 is 9.84 Å². The van der Waals surface area contributed by atoms with Gasteiger partial charge in [0.25, 0.3) is 0 Å². The second-order valence-corrected chi connectivity index (χ2v) is 5.74. The molecule has 0 aliphatic heterocycles. The average Bonchev–Trinajstić information content (AvgIpc) is 3.05. The number of hydrogen-bond donors (Lipinski definition) is 1. The SMILES string of the molecule is C1CCCC(c2noc(CNC3CC3)n2)CCC1. The highest BCUT2D eigenvalue weighted by Gasteiger charge is 2.22. The Morgan fingerprint density at radius 3 is 2.44 bits per heavy atom. The van der Waals surface area contributed by atoms with Crippen LogP contribution in [0.3, 0.4) is 0 Å². The molecule has 0 spiro atoms. The summed E-state index contributed by atoms with van der Waals surface area (Å²) in [6.07, 6.45) is 11.8. The summed E-state index contributed by atoms with van der Waals surface area (Å²) in [6.45, 7) is 0.740. The lowest BCUT2D eigenvalue weighted by atomic mass is 9.91. The van der Waals surface area contributed by atoms with Crippen molar-refractivity contribution >= 4 is 0 Å². The third-order valence-corrected chi connectivity index (χ3v) is 4.07. The van der Waals surface area contributed by atoms with Crippen LogP contribution in [0.25, 0.3) is 0 Å². The highest BCUT2D eigenvalue weighted by atomic mass is 16.5. The molecule has 0 atom stereocenters. The Balaban J connectivity index is 1.55. The summed E-state index contributed by atoms with van der Waals surface area (Å²) in [5.41, 5.74) is 0. The molecule has 4 heteroatoms. The van der Waals surface area contributed by atoms with E-state index in [2.05, 4.69) is 15.5 Å². The van der Waals surface area contributed by atoms with Crippen LogP contribution >= 0.6 is 0 Å². The van der Waals surface area contributed by atoms with Crippen molar-refractivity contribution in [3.63, 3.8) is 0 Å². The van der Waals surface area contributed by atoms with Crippen LogP contribution in [0.15, 0.2) is 4.52 Å². The molecule has 1 heterocycles. The van der Waals surface area contributed by atoms with Gasteiger partial charge in [0.05, 0.1) is 6.54 Å². The molecule has 2 fully saturated rings. The summed E-state index contributed by atoms with van der Waals surface area (Å²) in [4.78, 5) is 4.57. The Labute approximate surface area is 109 Å². The van der Waals surface area contributed by atoms with Crippen molar-refractivity contribution in [1.82, 2.24) is 15.5 Å². The summed E-state index contributed by atoms with van der Waals surface area (Å²) in [5.74, 6) is 2.24. The van der Waals surface area contributed by atoms with Gasteiger partial charge in [-0.2, -0.15) is 4.98 Å². The molecule has 100 valence electrons. The second-order valence-electron chi connectivity index (χ2n) is 5.74. The minimum Gasteiger partial charge on any atom is -0.338 e. The Bertz CT molecular complexity index is 365. The summed E-state index contributed by atoms with van der Waals surface area (Å²) in [7, 11) is 0. The van der Waals surface area contributed by atoms with E-state index in [1.807, 2.05) is 0 Å². The fraction of sp³-hybridized carbons (Fsp3) is 0.857. The molecule has 0 unspecified atom stereocenters. The molecule has 4 nitrogen and oxygen atoms in total. The van der Waals surface area contributed by atoms with Crippen LogP contribution in [-0.4, -0.2) is 16.2 Å². The molecule has 3 rings (SSSR count). The predicted molar refractivity (Wildman–Crippen MR) is 69.2 cm³/mol. The van der Waals surface area contributed by atoms with Crippen LogP contribution < -0.4 is 5.32 Å². The van der Waals surface area contributed by atoms with Gasteiger partial charge in [-0.3, -0.25) is 0 Å². The molecule has 0 aromatic carbocycles. The molecular formula is C14H23N3O. The smallest absolute Gasteiger partial charge is 0.240 e. The molecule has 1 aromatic heterocycles. The fourth-order valence-electron chi connectivity index (χ4n) is 2.74. The van der Waals surface area contributed by atoms with Crippen molar-refractivity contribution < 1.29 is 4.52 Å². The van der Waals surface area contributed by atoms with E-state index in [0.29, 0.717) is 12.0 Å². The quantitative estimate of drug-likeness (QED) is 0.890. The van der Waals surface area contributed by atoms with Crippen LogP contribution in [0, 0.1) is 0 Å². The van der Waals surface area contributed by atoms with Gasteiger partial charge in [-0.05, 0) is 25.7 Å². The van der Waals surface area contributed by atoms with E-state index in [4.69, 9.17) is 4.52 Å². The van der Waals surface area contributed by atoms with E-state index in [1.165, 1.54) is 57.8 Å². The monoisotopic (exact) mass is 249 g/mol. The zero-order valence-corrected chi connectivity index (χ0v) is 11.0. The highest BCUT2D eigenvalue weighted by Crippen LogP contribution is 2.29. The Morgan fingerprint density at radius 1 is 1.00 bits per heavy atom. The van der Waals surface area contributed by atoms with Gasteiger partial charge in [-0.15, -0.1) is 0 Å². The average molecular weight is 249 g/mol. The number of rotatable bonds is 4. The number of nitrogens with one attached hydrogen (secondary N) is 1. The molecule has 0 saturated heterocycles. The Kier molecular flexibility index (Phi) is 3.93. The zero-order chi connectivity index (χ0) is 12.2. The Hall–Kier alpha value is -0.900. The molecular weight excluding hydrogens is 226 g/mol. The van der Waals surface area contributed by atoms with Crippen LogP contribution in [0.4, 0.5) is 0 Å². The number of hydrogen-bond acceptors (Lipinski definition) is 4. The maximum absolute atomic E-state index is 5.34. The van der Waals surface area contributed by atoms with E-state index in [1.54, 1.807) is 0 Å². The van der Waals surface area contributed by atoms with Gasteiger partial charge in [-0.1, -0.05) is 37.3 Å². The Morgan fingerprint density at radius 2 is 1.72 bits per heavy atom. The van der Waals surface area contributed by atoms with Gasteiger partial charge in [0.2, 0.25) is 5.89 Å². The normalized spacial score (nSPS) is 22.7.